The second-order valence-electron chi connectivity index (χ2n) is 8.57. The molecule has 0 aliphatic carbocycles. The quantitative estimate of drug-likeness (QED) is 0.411. The molecule has 1 aromatic carbocycles. The minimum absolute atomic E-state index is 0.160. The SMILES string of the molecule is CC(C)(C)OC(=O)NCCCCCCCCCC(=O)ON1C(=O)c2ccccc2C1=O. The van der Waals surface area contributed by atoms with Gasteiger partial charge < -0.3 is 14.9 Å². The molecule has 0 saturated carbocycles. The van der Waals surface area contributed by atoms with E-state index in [9.17, 15) is 19.2 Å². The van der Waals surface area contributed by atoms with Gasteiger partial charge in [-0.1, -0.05) is 49.3 Å². The fraction of sp³-hybridized carbons (Fsp3) is 0.565. The third-order valence-corrected chi connectivity index (χ3v) is 4.68. The van der Waals surface area contributed by atoms with Gasteiger partial charge in [-0.25, -0.2) is 9.59 Å². The van der Waals surface area contributed by atoms with Gasteiger partial charge in [-0.2, -0.15) is 0 Å². The number of hydrogen-bond acceptors (Lipinski definition) is 6. The number of rotatable bonds is 11. The number of benzene rings is 1. The molecule has 0 unspecified atom stereocenters. The van der Waals surface area contributed by atoms with Crippen LogP contribution in [0.15, 0.2) is 24.3 Å². The molecule has 8 nitrogen and oxygen atoms in total. The maximum Gasteiger partial charge on any atom is 0.407 e. The Morgan fingerprint density at radius 2 is 1.39 bits per heavy atom. The number of carbonyl (C=O) groups excluding carboxylic acids is 4. The molecule has 1 aliphatic rings. The van der Waals surface area contributed by atoms with E-state index in [0.717, 1.165) is 38.5 Å². The lowest BCUT2D eigenvalue weighted by Crippen LogP contribution is -2.32. The lowest BCUT2D eigenvalue weighted by Gasteiger charge is -2.19. The monoisotopic (exact) mass is 432 g/mol. The van der Waals surface area contributed by atoms with Crippen molar-refractivity contribution in [3.8, 4) is 0 Å². The van der Waals surface area contributed by atoms with E-state index >= 15 is 0 Å². The second-order valence-corrected chi connectivity index (χ2v) is 8.57. The number of alkyl carbamates (subject to hydrolysis) is 1. The van der Waals surface area contributed by atoms with Crippen LogP contribution in [0, 0.1) is 0 Å². The highest BCUT2D eigenvalue weighted by molar-refractivity contribution is 6.20. The van der Waals surface area contributed by atoms with E-state index in [0.29, 0.717) is 18.0 Å². The van der Waals surface area contributed by atoms with Crippen molar-refractivity contribution < 1.29 is 28.8 Å². The number of nitrogens with one attached hydrogen (secondary N) is 1. The third kappa shape index (κ3) is 8.03. The van der Waals surface area contributed by atoms with Gasteiger partial charge in [0.15, 0.2) is 0 Å². The normalized spacial score (nSPS) is 13.2. The van der Waals surface area contributed by atoms with Crippen LogP contribution in [0.1, 0.15) is 92.9 Å². The molecule has 1 N–H and O–H groups in total. The lowest BCUT2D eigenvalue weighted by atomic mass is 10.1. The Labute approximate surface area is 183 Å². The van der Waals surface area contributed by atoms with E-state index in [1.165, 1.54) is 12.1 Å². The van der Waals surface area contributed by atoms with Crippen LogP contribution >= 0.6 is 0 Å². The van der Waals surface area contributed by atoms with Crippen molar-refractivity contribution in [2.24, 2.45) is 0 Å². The summed E-state index contributed by atoms with van der Waals surface area (Å²) in [5, 5.41) is 3.29. The average Bonchev–Trinajstić information content (AvgIpc) is 2.93. The standard InChI is InChI=1S/C23H32N2O6/c1-23(2,3)30-22(29)24-16-12-8-6-4-5-7-9-15-19(26)31-25-20(27)17-13-10-11-14-18(17)21(25)28/h10-11,13-14H,4-9,12,15-16H2,1-3H3,(H,24,29). The second kappa shape index (κ2) is 11.5. The molecule has 0 saturated heterocycles. The number of carbonyl (C=O) groups is 4. The summed E-state index contributed by atoms with van der Waals surface area (Å²) in [6, 6.07) is 6.40. The zero-order chi connectivity index (χ0) is 22.9. The number of amides is 3. The Balaban J connectivity index is 1.49. The summed E-state index contributed by atoms with van der Waals surface area (Å²) >= 11 is 0. The van der Waals surface area contributed by atoms with Crippen LogP contribution in [0.25, 0.3) is 0 Å². The van der Waals surface area contributed by atoms with Gasteiger partial charge in [-0.3, -0.25) is 9.59 Å². The zero-order valence-corrected chi connectivity index (χ0v) is 18.6. The van der Waals surface area contributed by atoms with Crippen LogP contribution in [0.4, 0.5) is 4.79 Å². The first-order valence-electron chi connectivity index (χ1n) is 10.8. The van der Waals surface area contributed by atoms with Gasteiger partial charge in [-0.15, -0.1) is 0 Å². The van der Waals surface area contributed by atoms with Crippen molar-refractivity contribution in [3.63, 3.8) is 0 Å². The largest absolute Gasteiger partial charge is 0.444 e. The molecule has 0 bridgehead atoms. The fourth-order valence-corrected chi connectivity index (χ4v) is 3.18. The first-order chi connectivity index (χ1) is 14.7. The Bertz CT molecular complexity index is 765. The minimum Gasteiger partial charge on any atom is -0.444 e. The summed E-state index contributed by atoms with van der Waals surface area (Å²) in [7, 11) is 0. The highest BCUT2D eigenvalue weighted by Gasteiger charge is 2.38. The highest BCUT2D eigenvalue weighted by atomic mass is 16.7. The third-order valence-electron chi connectivity index (χ3n) is 4.68. The molecule has 1 heterocycles. The van der Waals surface area contributed by atoms with Crippen molar-refractivity contribution in [1.29, 1.82) is 0 Å². The lowest BCUT2D eigenvalue weighted by molar-refractivity contribution is -0.168. The Kier molecular flexibility index (Phi) is 9.03. The number of fused-ring (bicyclic) bond motifs is 1. The van der Waals surface area contributed by atoms with Gasteiger partial charge in [0.2, 0.25) is 0 Å². The molecule has 0 radical (unpaired) electrons. The molecule has 1 aliphatic heterocycles. The van der Waals surface area contributed by atoms with E-state index in [4.69, 9.17) is 9.57 Å². The first-order valence-corrected chi connectivity index (χ1v) is 10.8. The summed E-state index contributed by atoms with van der Waals surface area (Å²) in [5.74, 6) is -1.78. The molecule has 8 heteroatoms. The molecule has 0 fully saturated rings. The van der Waals surface area contributed by atoms with Crippen molar-refractivity contribution in [1.82, 2.24) is 10.4 Å². The molecule has 0 aromatic heterocycles. The smallest absolute Gasteiger partial charge is 0.407 e. The zero-order valence-electron chi connectivity index (χ0n) is 18.6. The topological polar surface area (TPSA) is 102 Å². The molecule has 2 rings (SSSR count). The van der Waals surface area contributed by atoms with Gasteiger partial charge >= 0.3 is 12.1 Å². The van der Waals surface area contributed by atoms with E-state index in [1.54, 1.807) is 12.1 Å². The van der Waals surface area contributed by atoms with E-state index in [2.05, 4.69) is 5.32 Å². The maximum atomic E-state index is 12.2. The van der Waals surface area contributed by atoms with Crippen LogP contribution in [-0.2, 0) is 14.4 Å². The summed E-state index contributed by atoms with van der Waals surface area (Å²) < 4.78 is 5.17. The Hall–Kier alpha value is -2.90. The van der Waals surface area contributed by atoms with Gasteiger partial charge in [0, 0.05) is 13.0 Å². The van der Waals surface area contributed by atoms with Crippen molar-refractivity contribution in [2.45, 2.75) is 77.7 Å². The predicted molar refractivity (Wildman–Crippen MR) is 114 cm³/mol. The van der Waals surface area contributed by atoms with Crippen LogP contribution in [-0.4, -0.2) is 41.1 Å². The van der Waals surface area contributed by atoms with Crippen LogP contribution in [0.3, 0.4) is 0 Å². The molecule has 3 amide bonds. The molecule has 0 spiro atoms. The Morgan fingerprint density at radius 1 is 0.871 bits per heavy atom. The van der Waals surface area contributed by atoms with Gasteiger partial charge in [0.05, 0.1) is 11.1 Å². The number of imide groups is 1. The van der Waals surface area contributed by atoms with E-state index < -0.39 is 23.4 Å². The van der Waals surface area contributed by atoms with Crippen LogP contribution < -0.4 is 5.32 Å². The molecular formula is C23H32N2O6. The van der Waals surface area contributed by atoms with Crippen LogP contribution in [0.5, 0.6) is 0 Å². The molecule has 1 aromatic rings. The van der Waals surface area contributed by atoms with Crippen molar-refractivity contribution >= 4 is 23.9 Å². The highest BCUT2D eigenvalue weighted by Crippen LogP contribution is 2.23. The first kappa shape index (κ1) is 24.4. The molecule has 31 heavy (non-hydrogen) atoms. The van der Waals surface area contributed by atoms with Gasteiger partial charge in [0.1, 0.15) is 5.60 Å². The van der Waals surface area contributed by atoms with E-state index in [1.807, 2.05) is 20.8 Å². The van der Waals surface area contributed by atoms with Crippen molar-refractivity contribution in [3.05, 3.63) is 35.4 Å². The van der Waals surface area contributed by atoms with Crippen molar-refractivity contribution in [2.75, 3.05) is 6.54 Å². The van der Waals surface area contributed by atoms with E-state index in [-0.39, 0.29) is 23.6 Å². The summed E-state index contributed by atoms with van der Waals surface area (Å²) in [6.07, 6.45) is 6.27. The average molecular weight is 433 g/mol. The maximum absolute atomic E-state index is 12.2. The predicted octanol–water partition coefficient (Wildman–Crippen LogP) is 4.39. The Morgan fingerprint density at radius 3 is 1.94 bits per heavy atom. The number of nitrogens with zero attached hydrogens (tertiary/aromatic N) is 1. The molecule has 170 valence electrons. The molecular weight excluding hydrogens is 400 g/mol. The number of ether oxygens (including phenoxy) is 1. The summed E-state index contributed by atoms with van der Waals surface area (Å²) in [6.45, 7) is 6.09. The van der Waals surface area contributed by atoms with Gasteiger partial charge in [-0.05, 0) is 45.7 Å². The summed E-state index contributed by atoms with van der Waals surface area (Å²) in [4.78, 5) is 52.8. The number of unbranched alkanes of at least 4 members (excludes halogenated alkanes) is 6. The molecule has 0 atom stereocenters. The fourth-order valence-electron chi connectivity index (χ4n) is 3.18. The number of hydroxylamine groups is 2. The summed E-state index contributed by atoms with van der Waals surface area (Å²) in [5.41, 5.74) is 0.0179. The van der Waals surface area contributed by atoms with Gasteiger partial charge in [0.25, 0.3) is 11.8 Å². The van der Waals surface area contributed by atoms with Crippen LogP contribution in [0.2, 0.25) is 0 Å². The number of hydrogen-bond donors (Lipinski definition) is 1. The minimum atomic E-state index is -0.602.